The maximum Gasteiger partial charge on any atom is 0.125 e. The summed E-state index contributed by atoms with van der Waals surface area (Å²) >= 11 is 0. The lowest BCUT2D eigenvalue weighted by Gasteiger charge is -2.10. The number of H-pyrrole nitrogens is 1. The summed E-state index contributed by atoms with van der Waals surface area (Å²) in [7, 11) is 0. The molecule has 1 atom stereocenters. The maximum atomic E-state index is 13.1. The SMILES string of the molecule is NC(CCc1nc2ccc(F)cc2[nH]1)c1ccccc1. The molecule has 1 unspecified atom stereocenters. The monoisotopic (exact) mass is 269 g/mol. The minimum atomic E-state index is -0.256. The molecule has 1 heterocycles. The predicted molar refractivity (Wildman–Crippen MR) is 77.7 cm³/mol. The number of rotatable bonds is 4. The number of benzene rings is 2. The molecule has 20 heavy (non-hydrogen) atoms. The molecule has 0 aliphatic carbocycles. The van der Waals surface area contributed by atoms with E-state index in [1.807, 2.05) is 30.3 Å². The van der Waals surface area contributed by atoms with E-state index in [-0.39, 0.29) is 11.9 Å². The minimum Gasteiger partial charge on any atom is -0.342 e. The van der Waals surface area contributed by atoms with Crippen molar-refractivity contribution in [3.05, 3.63) is 65.7 Å². The molecule has 0 saturated carbocycles. The average molecular weight is 269 g/mol. The standard InChI is InChI=1S/C16H16FN3/c17-12-6-8-14-15(10-12)20-16(19-14)9-7-13(18)11-4-2-1-3-5-11/h1-6,8,10,13H,7,9,18H2,(H,19,20). The summed E-state index contributed by atoms with van der Waals surface area (Å²) in [6.45, 7) is 0. The van der Waals surface area contributed by atoms with Crippen molar-refractivity contribution >= 4 is 11.0 Å². The molecule has 102 valence electrons. The van der Waals surface area contributed by atoms with Crippen molar-refractivity contribution < 1.29 is 4.39 Å². The van der Waals surface area contributed by atoms with Crippen LogP contribution in [0.15, 0.2) is 48.5 Å². The summed E-state index contributed by atoms with van der Waals surface area (Å²) in [4.78, 5) is 7.58. The van der Waals surface area contributed by atoms with E-state index in [1.54, 1.807) is 6.07 Å². The van der Waals surface area contributed by atoms with E-state index in [9.17, 15) is 4.39 Å². The molecule has 0 spiro atoms. The van der Waals surface area contributed by atoms with Gasteiger partial charge in [0, 0.05) is 12.5 Å². The normalized spacial score (nSPS) is 12.7. The Morgan fingerprint density at radius 3 is 2.75 bits per heavy atom. The number of aryl methyl sites for hydroxylation is 1. The summed E-state index contributed by atoms with van der Waals surface area (Å²) in [5, 5.41) is 0. The Morgan fingerprint density at radius 2 is 1.95 bits per heavy atom. The largest absolute Gasteiger partial charge is 0.342 e. The highest BCUT2D eigenvalue weighted by molar-refractivity contribution is 5.74. The first kappa shape index (κ1) is 12.8. The van der Waals surface area contributed by atoms with Gasteiger partial charge in [0.1, 0.15) is 11.6 Å². The van der Waals surface area contributed by atoms with Crippen LogP contribution in [0.1, 0.15) is 23.9 Å². The van der Waals surface area contributed by atoms with E-state index in [2.05, 4.69) is 9.97 Å². The first-order chi connectivity index (χ1) is 9.72. The Morgan fingerprint density at radius 1 is 1.15 bits per heavy atom. The number of fused-ring (bicyclic) bond motifs is 1. The Balaban J connectivity index is 1.71. The van der Waals surface area contributed by atoms with Gasteiger partial charge in [0.2, 0.25) is 0 Å². The first-order valence-electron chi connectivity index (χ1n) is 6.67. The number of hydrogen-bond donors (Lipinski definition) is 2. The van der Waals surface area contributed by atoms with Gasteiger partial charge in [0.15, 0.2) is 0 Å². The molecule has 0 saturated heterocycles. The molecular formula is C16H16FN3. The Hall–Kier alpha value is -2.20. The van der Waals surface area contributed by atoms with Crippen LogP contribution in [0.4, 0.5) is 4.39 Å². The molecule has 0 fully saturated rings. The highest BCUT2D eigenvalue weighted by Crippen LogP contribution is 2.18. The summed E-state index contributed by atoms with van der Waals surface area (Å²) in [5.74, 6) is 0.589. The third-order valence-electron chi connectivity index (χ3n) is 3.41. The maximum absolute atomic E-state index is 13.1. The van der Waals surface area contributed by atoms with Crippen LogP contribution < -0.4 is 5.73 Å². The molecule has 3 nitrogen and oxygen atoms in total. The van der Waals surface area contributed by atoms with Crippen molar-refractivity contribution in [2.75, 3.05) is 0 Å². The predicted octanol–water partition coefficient (Wildman–Crippen LogP) is 3.33. The van der Waals surface area contributed by atoms with Crippen LogP contribution in [0.2, 0.25) is 0 Å². The molecule has 0 aliphatic heterocycles. The summed E-state index contributed by atoms with van der Waals surface area (Å²) in [5.41, 5.74) is 8.80. The number of nitrogens with one attached hydrogen (secondary N) is 1. The van der Waals surface area contributed by atoms with E-state index in [4.69, 9.17) is 5.73 Å². The summed E-state index contributed by atoms with van der Waals surface area (Å²) in [6.07, 6.45) is 1.54. The topological polar surface area (TPSA) is 54.7 Å². The number of hydrogen-bond acceptors (Lipinski definition) is 2. The van der Waals surface area contributed by atoms with Gasteiger partial charge in [-0.3, -0.25) is 0 Å². The summed E-state index contributed by atoms with van der Waals surface area (Å²) in [6, 6.07) is 14.5. The van der Waals surface area contributed by atoms with Crippen LogP contribution in [0.25, 0.3) is 11.0 Å². The Labute approximate surface area is 116 Å². The fraction of sp³-hybridized carbons (Fsp3) is 0.188. The van der Waals surface area contributed by atoms with Crippen molar-refractivity contribution in [2.45, 2.75) is 18.9 Å². The van der Waals surface area contributed by atoms with E-state index in [0.717, 1.165) is 35.3 Å². The zero-order valence-electron chi connectivity index (χ0n) is 11.0. The summed E-state index contributed by atoms with van der Waals surface area (Å²) < 4.78 is 13.1. The Kier molecular flexibility index (Phi) is 3.48. The second kappa shape index (κ2) is 5.43. The molecule has 0 radical (unpaired) electrons. The molecule has 3 N–H and O–H groups in total. The molecule has 4 heteroatoms. The van der Waals surface area contributed by atoms with E-state index < -0.39 is 0 Å². The van der Waals surface area contributed by atoms with Gasteiger partial charge in [0.05, 0.1) is 11.0 Å². The third kappa shape index (κ3) is 2.70. The average Bonchev–Trinajstić information content (AvgIpc) is 2.87. The Bertz CT molecular complexity index is 706. The van der Waals surface area contributed by atoms with Gasteiger partial charge < -0.3 is 10.7 Å². The van der Waals surface area contributed by atoms with Gasteiger partial charge >= 0.3 is 0 Å². The van der Waals surface area contributed by atoms with Crippen LogP contribution in [0.3, 0.4) is 0 Å². The lowest BCUT2D eigenvalue weighted by atomic mass is 10.0. The number of imidazole rings is 1. The molecule has 1 aromatic heterocycles. The molecule has 0 aliphatic rings. The number of nitrogens with two attached hydrogens (primary N) is 1. The van der Waals surface area contributed by atoms with Gasteiger partial charge in [0.25, 0.3) is 0 Å². The van der Waals surface area contributed by atoms with Crippen molar-refractivity contribution in [3.63, 3.8) is 0 Å². The molecule has 3 rings (SSSR count). The molecule has 2 aromatic carbocycles. The second-order valence-electron chi connectivity index (χ2n) is 4.90. The van der Waals surface area contributed by atoms with Crippen LogP contribution in [-0.4, -0.2) is 9.97 Å². The van der Waals surface area contributed by atoms with Crippen molar-refractivity contribution in [2.24, 2.45) is 5.73 Å². The highest BCUT2D eigenvalue weighted by atomic mass is 19.1. The highest BCUT2D eigenvalue weighted by Gasteiger charge is 2.08. The van der Waals surface area contributed by atoms with Crippen molar-refractivity contribution in [3.8, 4) is 0 Å². The smallest absolute Gasteiger partial charge is 0.125 e. The third-order valence-corrected chi connectivity index (χ3v) is 3.41. The van der Waals surface area contributed by atoms with E-state index >= 15 is 0 Å². The second-order valence-corrected chi connectivity index (χ2v) is 4.90. The van der Waals surface area contributed by atoms with Gasteiger partial charge in [-0.1, -0.05) is 30.3 Å². The van der Waals surface area contributed by atoms with Gasteiger partial charge in [-0.2, -0.15) is 0 Å². The van der Waals surface area contributed by atoms with Crippen LogP contribution in [-0.2, 0) is 6.42 Å². The van der Waals surface area contributed by atoms with E-state index in [1.165, 1.54) is 12.1 Å². The first-order valence-corrected chi connectivity index (χ1v) is 6.67. The number of nitrogens with zero attached hydrogens (tertiary/aromatic N) is 1. The van der Waals surface area contributed by atoms with Crippen LogP contribution in [0, 0.1) is 5.82 Å². The van der Waals surface area contributed by atoms with Crippen molar-refractivity contribution in [1.82, 2.24) is 9.97 Å². The van der Waals surface area contributed by atoms with Gasteiger partial charge in [-0.25, -0.2) is 9.37 Å². The van der Waals surface area contributed by atoms with Crippen LogP contribution in [0.5, 0.6) is 0 Å². The molecule has 3 aromatic rings. The zero-order chi connectivity index (χ0) is 13.9. The van der Waals surface area contributed by atoms with Crippen molar-refractivity contribution in [1.29, 1.82) is 0 Å². The fourth-order valence-electron chi connectivity index (χ4n) is 2.31. The van der Waals surface area contributed by atoms with Gasteiger partial charge in [-0.15, -0.1) is 0 Å². The zero-order valence-corrected chi connectivity index (χ0v) is 11.0. The number of aromatic nitrogens is 2. The quantitative estimate of drug-likeness (QED) is 0.763. The lowest BCUT2D eigenvalue weighted by Crippen LogP contribution is -2.11. The van der Waals surface area contributed by atoms with Crippen LogP contribution >= 0.6 is 0 Å². The fourth-order valence-corrected chi connectivity index (χ4v) is 2.31. The molecule has 0 bridgehead atoms. The van der Waals surface area contributed by atoms with E-state index in [0.29, 0.717) is 0 Å². The number of halogens is 1. The minimum absolute atomic E-state index is 0.0128. The lowest BCUT2D eigenvalue weighted by molar-refractivity contribution is 0.629. The molecule has 0 amide bonds. The number of aromatic amines is 1. The molecular weight excluding hydrogens is 253 g/mol. The van der Waals surface area contributed by atoms with Gasteiger partial charge in [-0.05, 0) is 30.2 Å².